The largest absolute Gasteiger partial charge is 0.284 e. The number of hydrogen-bond acceptors (Lipinski definition) is 3. The predicted molar refractivity (Wildman–Crippen MR) is 63.1 cm³/mol. The quantitative estimate of drug-likeness (QED) is 0.580. The monoisotopic (exact) mass is 222 g/mol. The Labute approximate surface area is 94.1 Å². The van der Waals surface area contributed by atoms with Crippen molar-refractivity contribution >= 4 is 22.7 Å². The highest BCUT2D eigenvalue weighted by Gasteiger charge is 2.16. The number of hydrogen-bond donors (Lipinski definition) is 0. The molecule has 0 unspecified atom stereocenters. The molecule has 3 heteroatoms. The summed E-state index contributed by atoms with van der Waals surface area (Å²) in [5.41, 5.74) is 0.471. The van der Waals surface area contributed by atoms with E-state index in [0.29, 0.717) is 17.2 Å². The predicted octanol–water partition coefficient (Wildman–Crippen LogP) is 2.79. The van der Waals surface area contributed by atoms with Crippen molar-refractivity contribution in [2.24, 2.45) is 5.92 Å². The van der Waals surface area contributed by atoms with Crippen LogP contribution in [-0.4, -0.2) is 16.7 Å². The van der Waals surface area contributed by atoms with E-state index in [1.807, 2.05) is 19.9 Å². The molecule has 1 aromatic carbocycles. The summed E-state index contributed by atoms with van der Waals surface area (Å²) in [7, 11) is 0. The normalized spacial score (nSPS) is 10.3. The first-order valence-corrected chi connectivity index (χ1v) is 5.86. The van der Waals surface area contributed by atoms with E-state index in [4.69, 9.17) is 0 Å². The van der Waals surface area contributed by atoms with Gasteiger partial charge in [0.25, 0.3) is 5.12 Å². The van der Waals surface area contributed by atoms with Gasteiger partial charge in [0.1, 0.15) is 0 Å². The molecule has 0 aliphatic rings. The van der Waals surface area contributed by atoms with E-state index < -0.39 is 5.78 Å². The van der Waals surface area contributed by atoms with Crippen molar-refractivity contribution < 1.29 is 9.59 Å². The van der Waals surface area contributed by atoms with Crippen LogP contribution >= 0.6 is 11.8 Å². The smallest absolute Gasteiger partial charge is 0.259 e. The molecule has 0 spiro atoms. The fraction of sp³-hybridized carbons (Fsp3) is 0.333. The fourth-order valence-corrected chi connectivity index (χ4v) is 1.75. The standard InChI is InChI=1S/C12H14O2S/c1-9(2)8-15-12(14)11(13)10-6-4-3-5-7-10/h3-7,9H,8H2,1-2H3. The molecule has 0 radical (unpaired) electrons. The van der Waals surface area contributed by atoms with Crippen LogP contribution in [0.15, 0.2) is 30.3 Å². The highest BCUT2D eigenvalue weighted by molar-refractivity contribution is 8.15. The van der Waals surface area contributed by atoms with Crippen molar-refractivity contribution in [2.75, 3.05) is 5.75 Å². The Kier molecular flexibility index (Phi) is 4.56. The van der Waals surface area contributed by atoms with E-state index in [1.165, 1.54) is 0 Å². The number of thioether (sulfide) groups is 1. The molecule has 0 fully saturated rings. The van der Waals surface area contributed by atoms with Crippen LogP contribution in [-0.2, 0) is 4.79 Å². The van der Waals surface area contributed by atoms with Crippen LogP contribution in [0, 0.1) is 5.92 Å². The van der Waals surface area contributed by atoms with Gasteiger partial charge in [0.2, 0.25) is 5.78 Å². The Morgan fingerprint density at radius 3 is 2.33 bits per heavy atom. The van der Waals surface area contributed by atoms with Gasteiger partial charge in [-0.15, -0.1) is 0 Å². The summed E-state index contributed by atoms with van der Waals surface area (Å²) in [6, 6.07) is 8.66. The zero-order valence-corrected chi connectivity index (χ0v) is 9.71. The summed E-state index contributed by atoms with van der Waals surface area (Å²) in [5, 5.41) is -0.366. The van der Waals surface area contributed by atoms with Crippen LogP contribution in [0.5, 0.6) is 0 Å². The van der Waals surface area contributed by atoms with Crippen LogP contribution in [0.4, 0.5) is 0 Å². The molecular weight excluding hydrogens is 208 g/mol. The molecule has 2 nitrogen and oxygen atoms in total. The lowest BCUT2D eigenvalue weighted by molar-refractivity contribution is -0.107. The average Bonchev–Trinajstić information content (AvgIpc) is 2.26. The van der Waals surface area contributed by atoms with Gasteiger partial charge >= 0.3 is 0 Å². The lowest BCUT2D eigenvalue weighted by Gasteiger charge is -2.02. The molecule has 0 N–H and O–H groups in total. The Morgan fingerprint density at radius 2 is 1.80 bits per heavy atom. The highest BCUT2D eigenvalue weighted by atomic mass is 32.2. The molecule has 0 saturated heterocycles. The first-order chi connectivity index (χ1) is 7.11. The van der Waals surface area contributed by atoms with Crippen molar-refractivity contribution in [3.8, 4) is 0 Å². The maximum absolute atomic E-state index is 11.6. The Hall–Kier alpha value is -1.09. The average molecular weight is 222 g/mol. The van der Waals surface area contributed by atoms with Crippen LogP contribution in [0.1, 0.15) is 24.2 Å². The maximum Gasteiger partial charge on any atom is 0.259 e. The van der Waals surface area contributed by atoms with Gasteiger partial charge in [-0.1, -0.05) is 55.9 Å². The van der Waals surface area contributed by atoms with E-state index in [9.17, 15) is 9.59 Å². The third kappa shape index (κ3) is 3.88. The number of Topliss-reactive ketones (excluding diaryl/α,β-unsaturated/α-hetero) is 1. The summed E-state index contributed by atoms with van der Waals surface area (Å²) in [5.74, 6) is 0.709. The molecular formula is C12H14O2S. The summed E-state index contributed by atoms with van der Waals surface area (Å²) in [6.45, 7) is 4.04. The van der Waals surface area contributed by atoms with Crippen LogP contribution in [0.2, 0.25) is 0 Å². The zero-order chi connectivity index (χ0) is 11.3. The van der Waals surface area contributed by atoms with Crippen molar-refractivity contribution in [3.63, 3.8) is 0 Å². The first-order valence-electron chi connectivity index (χ1n) is 4.87. The molecule has 80 valence electrons. The van der Waals surface area contributed by atoms with E-state index in [0.717, 1.165) is 11.8 Å². The molecule has 0 aromatic heterocycles. The first kappa shape index (κ1) is 12.0. The molecule has 0 heterocycles. The minimum atomic E-state index is -0.402. The Balaban J connectivity index is 2.58. The van der Waals surface area contributed by atoms with Crippen LogP contribution in [0.3, 0.4) is 0 Å². The summed E-state index contributed by atoms with van der Waals surface area (Å²) < 4.78 is 0. The molecule has 0 aliphatic carbocycles. The second kappa shape index (κ2) is 5.71. The van der Waals surface area contributed by atoms with Gasteiger partial charge in [0.15, 0.2) is 0 Å². The van der Waals surface area contributed by atoms with Gasteiger partial charge in [0, 0.05) is 11.3 Å². The summed E-state index contributed by atoms with van der Waals surface area (Å²) in [4.78, 5) is 23.0. The molecule has 0 bridgehead atoms. The van der Waals surface area contributed by atoms with Crippen molar-refractivity contribution in [3.05, 3.63) is 35.9 Å². The maximum atomic E-state index is 11.6. The van der Waals surface area contributed by atoms with Gasteiger partial charge in [-0.3, -0.25) is 9.59 Å². The lowest BCUT2D eigenvalue weighted by Crippen LogP contribution is -2.11. The lowest BCUT2D eigenvalue weighted by atomic mass is 10.1. The fourth-order valence-electron chi connectivity index (χ4n) is 1.02. The molecule has 15 heavy (non-hydrogen) atoms. The third-order valence-corrected chi connectivity index (χ3v) is 3.05. The van der Waals surface area contributed by atoms with Crippen LogP contribution in [0.25, 0.3) is 0 Å². The second-order valence-electron chi connectivity index (χ2n) is 3.69. The van der Waals surface area contributed by atoms with Crippen LogP contribution < -0.4 is 0 Å². The van der Waals surface area contributed by atoms with E-state index in [1.54, 1.807) is 24.3 Å². The summed E-state index contributed by atoms with van der Waals surface area (Å²) >= 11 is 1.10. The van der Waals surface area contributed by atoms with Gasteiger partial charge in [-0.25, -0.2) is 0 Å². The van der Waals surface area contributed by atoms with Crippen molar-refractivity contribution in [1.29, 1.82) is 0 Å². The number of rotatable bonds is 4. The Morgan fingerprint density at radius 1 is 1.20 bits per heavy atom. The van der Waals surface area contributed by atoms with Crippen molar-refractivity contribution in [1.82, 2.24) is 0 Å². The number of ketones is 1. The van der Waals surface area contributed by atoms with Crippen molar-refractivity contribution in [2.45, 2.75) is 13.8 Å². The van der Waals surface area contributed by atoms with E-state index in [-0.39, 0.29) is 5.12 Å². The molecule has 1 aromatic rings. The molecule has 1 rings (SSSR count). The highest BCUT2D eigenvalue weighted by Crippen LogP contribution is 2.12. The third-order valence-electron chi connectivity index (χ3n) is 1.77. The minimum absolute atomic E-state index is 0.366. The Bertz CT molecular complexity index is 344. The van der Waals surface area contributed by atoms with Gasteiger partial charge < -0.3 is 0 Å². The SMILES string of the molecule is CC(C)CSC(=O)C(=O)c1ccccc1. The number of benzene rings is 1. The zero-order valence-electron chi connectivity index (χ0n) is 8.90. The topological polar surface area (TPSA) is 34.1 Å². The molecule has 0 aliphatic heterocycles. The van der Waals surface area contributed by atoms with E-state index >= 15 is 0 Å². The number of carbonyl (C=O) groups excluding carboxylic acids is 2. The van der Waals surface area contributed by atoms with Gasteiger partial charge in [-0.2, -0.15) is 0 Å². The van der Waals surface area contributed by atoms with Gasteiger partial charge in [-0.05, 0) is 5.92 Å². The number of carbonyl (C=O) groups is 2. The molecule has 0 saturated carbocycles. The second-order valence-corrected chi connectivity index (χ2v) is 4.68. The van der Waals surface area contributed by atoms with E-state index in [2.05, 4.69) is 0 Å². The minimum Gasteiger partial charge on any atom is -0.284 e. The van der Waals surface area contributed by atoms with Gasteiger partial charge in [0.05, 0.1) is 0 Å². The summed E-state index contributed by atoms with van der Waals surface area (Å²) in [6.07, 6.45) is 0. The molecule has 0 atom stereocenters. The molecule has 0 amide bonds.